The Morgan fingerprint density at radius 3 is 2.60 bits per heavy atom. The van der Waals surface area contributed by atoms with Crippen molar-refractivity contribution < 1.29 is 17.9 Å². The van der Waals surface area contributed by atoms with E-state index in [2.05, 4.69) is 4.72 Å². The lowest BCUT2D eigenvalue weighted by Crippen LogP contribution is -2.26. The molecule has 1 heterocycles. The van der Waals surface area contributed by atoms with E-state index >= 15 is 0 Å². The summed E-state index contributed by atoms with van der Waals surface area (Å²) < 4.78 is 33.3. The first-order valence-electron chi connectivity index (χ1n) is 8.60. The van der Waals surface area contributed by atoms with E-state index in [1.165, 1.54) is 11.8 Å². The van der Waals surface area contributed by atoms with Gasteiger partial charge in [0.1, 0.15) is 0 Å². The van der Waals surface area contributed by atoms with Gasteiger partial charge < -0.3 is 4.74 Å². The molecule has 0 bridgehead atoms. The lowest BCUT2D eigenvalue weighted by molar-refractivity contribution is -0.139. The fraction of sp³-hybridized carbons (Fsp3) is 0.500. The highest BCUT2D eigenvalue weighted by molar-refractivity contribution is 8.04. The Morgan fingerprint density at radius 2 is 1.92 bits per heavy atom. The molecule has 0 radical (unpaired) electrons. The third-order valence-electron chi connectivity index (χ3n) is 4.64. The molecule has 0 amide bonds. The summed E-state index contributed by atoms with van der Waals surface area (Å²) in [6.45, 7) is 3.94. The molecule has 5 nitrogen and oxygen atoms in total. The maximum Gasteiger partial charge on any atom is 0.337 e. The summed E-state index contributed by atoms with van der Waals surface area (Å²) in [6.07, 6.45) is 4.07. The predicted molar refractivity (Wildman–Crippen MR) is 98.5 cm³/mol. The summed E-state index contributed by atoms with van der Waals surface area (Å²) in [5, 5.41) is 0.694. The Hall–Kier alpha value is -1.47. The van der Waals surface area contributed by atoms with E-state index in [9.17, 15) is 13.2 Å². The monoisotopic (exact) mass is 381 g/mol. The van der Waals surface area contributed by atoms with Crippen LogP contribution in [-0.4, -0.2) is 26.2 Å². The van der Waals surface area contributed by atoms with Gasteiger partial charge in [-0.15, -0.1) is 11.8 Å². The topological polar surface area (TPSA) is 72.5 Å². The molecule has 0 aromatic heterocycles. The second-order valence-electron chi connectivity index (χ2n) is 6.43. The number of nitrogens with one attached hydrogen (secondary N) is 1. The number of sulfonamides is 1. The van der Waals surface area contributed by atoms with Gasteiger partial charge in [0.05, 0.1) is 22.1 Å². The largest absolute Gasteiger partial charge is 0.463 e. The number of aryl methyl sites for hydroxylation is 1. The van der Waals surface area contributed by atoms with Crippen LogP contribution in [-0.2, 0) is 19.6 Å². The van der Waals surface area contributed by atoms with Crippen molar-refractivity contribution in [1.82, 2.24) is 4.72 Å². The van der Waals surface area contributed by atoms with Crippen molar-refractivity contribution in [2.24, 2.45) is 5.92 Å². The number of carbonyl (C=O) groups excluding carboxylic acids is 1. The molecule has 1 saturated carbocycles. The van der Waals surface area contributed by atoms with Crippen LogP contribution < -0.4 is 4.72 Å². The van der Waals surface area contributed by atoms with Crippen molar-refractivity contribution in [3.8, 4) is 0 Å². The van der Waals surface area contributed by atoms with Crippen LogP contribution in [0.5, 0.6) is 0 Å². The van der Waals surface area contributed by atoms with E-state index in [0.29, 0.717) is 10.6 Å². The number of ether oxygens (including phenoxy) is 1. The minimum atomic E-state index is -3.72. The maximum absolute atomic E-state index is 12.7. The second-order valence-corrected chi connectivity index (χ2v) is 9.36. The first-order chi connectivity index (χ1) is 11.9. The van der Waals surface area contributed by atoms with Gasteiger partial charge in [-0.05, 0) is 38.8 Å². The Kier molecular flexibility index (Phi) is 5.43. The highest BCUT2D eigenvalue weighted by Crippen LogP contribution is 2.48. The van der Waals surface area contributed by atoms with Crippen molar-refractivity contribution in [1.29, 1.82) is 0 Å². The molecule has 0 spiro atoms. The highest BCUT2D eigenvalue weighted by atomic mass is 32.2. The minimum Gasteiger partial charge on any atom is -0.463 e. The van der Waals surface area contributed by atoms with Crippen LogP contribution in [0, 0.1) is 12.8 Å². The quantitative estimate of drug-likeness (QED) is 0.792. The Balaban J connectivity index is 1.92. The molecule has 25 heavy (non-hydrogen) atoms. The molecule has 1 aromatic rings. The molecule has 1 N–H and O–H groups in total. The molecule has 3 rings (SSSR count). The molecule has 1 aliphatic carbocycles. The summed E-state index contributed by atoms with van der Waals surface area (Å²) in [4.78, 5) is 12.6. The zero-order valence-electron chi connectivity index (χ0n) is 14.4. The van der Waals surface area contributed by atoms with Gasteiger partial charge in [0.2, 0.25) is 0 Å². The normalized spacial score (nSPS) is 23.3. The molecule has 136 valence electrons. The van der Waals surface area contributed by atoms with E-state index in [0.717, 1.165) is 31.2 Å². The smallest absolute Gasteiger partial charge is 0.337 e. The molecule has 1 fully saturated rings. The van der Waals surface area contributed by atoms with E-state index in [4.69, 9.17) is 4.74 Å². The zero-order chi connectivity index (χ0) is 18.0. The lowest BCUT2D eigenvalue weighted by atomic mass is 9.84. The van der Waals surface area contributed by atoms with Gasteiger partial charge in [0, 0.05) is 11.2 Å². The summed E-state index contributed by atoms with van der Waals surface area (Å²) >= 11 is 1.47. The highest BCUT2D eigenvalue weighted by Gasteiger charge is 2.42. The van der Waals surface area contributed by atoms with Gasteiger partial charge in [0.15, 0.2) is 0 Å². The number of thioether (sulfide) groups is 1. The molecule has 7 heteroatoms. The summed E-state index contributed by atoms with van der Waals surface area (Å²) in [5.41, 5.74) is 1.50. The number of rotatable bonds is 5. The van der Waals surface area contributed by atoms with Crippen molar-refractivity contribution in [2.45, 2.75) is 49.7 Å². The minimum absolute atomic E-state index is 0.0773. The van der Waals surface area contributed by atoms with Crippen LogP contribution >= 0.6 is 11.8 Å². The molecule has 1 aromatic carbocycles. The number of fused-ring (bicyclic) bond motifs is 1. The molecule has 1 aliphatic heterocycles. The van der Waals surface area contributed by atoms with E-state index in [-0.39, 0.29) is 22.7 Å². The number of hydrogen-bond acceptors (Lipinski definition) is 5. The van der Waals surface area contributed by atoms with Gasteiger partial charge in [-0.3, -0.25) is 4.72 Å². The maximum atomic E-state index is 12.7. The van der Waals surface area contributed by atoms with Crippen LogP contribution in [0.2, 0.25) is 0 Å². The lowest BCUT2D eigenvalue weighted by Gasteiger charge is -2.25. The van der Waals surface area contributed by atoms with Gasteiger partial charge in [-0.2, -0.15) is 0 Å². The van der Waals surface area contributed by atoms with Crippen LogP contribution in [0.25, 0.3) is 0 Å². The summed E-state index contributed by atoms with van der Waals surface area (Å²) in [5.74, 6) is -0.320. The first kappa shape index (κ1) is 18.3. The standard InChI is InChI=1S/C18H23NO4S2/c1-3-23-18(20)16-14-6-4-5-7-15(14)24-17(16)19-25(21,22)13-10-8-12(2)9-11-13/h8-11,14-15,19H,3-7H2,1-2H3. The fourth-order valence-electron chi connectivity index (χ4n) is 3.38. The van der Waals surface area contributed by atoms with Gasteiger partial charge >= 0.3 is 5.97 Å². The fourth-order valence-corrected chi connectivity index (χ4v) is 6.25. The third kappa shape index (κ3) is 3.87. The van der Waals surface area contributed by atoms with E-state index in [1.807, 2.05) is 6.92 Å². The number of esters is 1. The predicted octanol–water partition coefficient (Wildman–Crippen LogP) is 3.35. The Labute approximate surface area is 153 Å². The molecule has 2 unspecified atom stereocenters. The van der Waals surface area contributed by atoms with Crippen molar-refractivity contribution >= 4 is 27.8 Å². The number of hydrogen-bond donors (Lipinski definition) is 1. The third-order valence-corrected chi connectivity index (χ3v) is 7.56. The SMILES string of the molecule is CCOC(=O)C1=C(NS(=O)(=O)c2ccc(C)cc2)SC2CCCCC12. The Morgan fingerprint density at radius 1 is 1.24 bits per heavy atom. The van der Waals surface area contributed by atoms with Crippen LogP contribution in [0.4, 0.5) is 0 Å². The van der Waals surface area contributed by atoms with Gasteiger partial charge in [0.25, 0.3) is 10.0 Å². The van der Waals surface area contributed by atoms with E-state index < -0.39 is 16.0 Å². The zero-order valence-corrected chi connectivity index (χ0v) is 16.1. The van der Waals surface area contributed by atoms with Gasteiger partial charge in [-0.25, -0.2) is 13.2 Å². The van der Waals surface area contributed by atoms with Crippen LogP contribution in [0.3, 0.4) is 0 Å². The molecule has 2 atom stereocenters. The average molecular weight is 382 g/mol. The molecular formula is C18H23NO4S2. The van der Waals surface area contributed by atoms with Crippen LogP contribution in [0.15, 0.2) is 39.8 Å². The summed E-state index contributed by atoms with van der Waals surface area (Å²) in [7, 11) is -3.72. The van der Waals surface area contributed by atoms with Gasteiger partial charge in [-0.1, -0.05) is 30.5 Å². The first-order valence-corrected chi connectivity index (χ1v) is 11.0. The van der Waals surface area contributed by atoms with Crippen LogP contribution in [0.1, 0.15) is 38.2 Å². The van der Waals surface area contributed by atoms with Crippen molar-refractivity contribution in [3.05, 3.63) is 40.4 Å². The molecule has 2 aliphatic rings. The number of benzene rings is 1. The second kappa shape index (κ2) is 7.41. The average Bonchev–Trinajstić information content (AvgIpc) is 2.92. The molecule has 0 saturated heterocycles. The van der Waals surface area contributed by atoms with E-state index in [1.54, 1.807) is 31.2 Å². The summed E-state index contributed by atoms with van der Waals surface area (Å²) in [6, 6.07) is 6.68. The molecular weight excluding hydrogens is 358 g/mol. The van der Waals surface area contributed by atoms with Crippen molar-refractivity contribution in [3.63, 3.8) is 0 Å². The van der Waals surface area contributed by atoms with Crippen molar-refractivity contribution in [2.75, 3.05) is 6.61 Å². The Bertz CT molecular complexity index is 784. The number of carbonyl (C=O) groups is 1.